The van der Waals surface area contributed by atoms with E-state index in [1.807, 2.05) is 12.2 Å². The van der Waals surface area contributed by atoms with Crippen molar-refractivity contribution in [1.82, 2.24) is 0 Å². The zero-order chi connectivity index (χ0) is 12.8. The van der Waals surface area contributed by atoms with Crippen LogP contribution in [0.25, 0.3) is 0 Å². The van der Waals surface area contributed by atoms with Crippen LogP contribution in [0.15, 0.2) is 12.2 Å². The van der Waals surface area contributed by atoms with E-state index in [4.69, 9.17) is 18.9 Å². The number of hydrogen-bond donors (Lipinski definition) is 0. The molecule has 18 heavy (non-hydrogen) atoms. The van der Waals surface area contributed by atoms with Gasteiger partial charge in [-0.25, -0.2) is 0 Å². The Morgan fingerprint density at radius 1 is 1.22 bits per heavy atom. The lowest BCUT2D eigenvalue weighted by molar-refractivity contribution is -0.224. The number of carbonyl (C=O) groups is 1. The number of ether oxygens (including phenoxy) is 4. The van der Waals surface area contributed by atoms with Gasteiger partial charge < -0.3 is 18.9 Å². The summed E-state index contributed by atoms with van der Waals surface area (Å²) in [5.41, 5.74) is 0. The topological polar surface area (TPSA) is 54.0 Å². The number of rotatable bonds is 2. The highest BCUT2D eigenvalue weighted by Gasteiger charge is 2.75. The molecular weight excluding hydrogens is 236 g/mol. The van der Waals surface area contributed by atoms with Gasteiger partial charge in [-0.3, -0.25) is 4.79 Å². The molecule has 3 aliphatic rings. The van der Waals surface area contributed by atoms with Gasteiger partial charge in [0.2, 0.25) is 0 Å². The van der Waals surface area contributed by atoms with Crippen LogP contribution in [-0.4, -0.2) is 45.3 Å². The van der Waals surface area contributed by atoms with E-state index in [-0.39, 0.29) is 29.8 Å². The summed E-state index contributed by atoms with van der Waals surface area (Å²) >= 11 is 0. The van der Waals surface area contributed by atoms with Gasteiger partial charge in [0.1, 0.15) is 0 Å². The van der Waals surface area contributed by atoms with Crippen LogP contribution in [0.2, 0.25) is 0 Å². The van der Waals surface area contributed by atoms with Crippen LogP contribution < -0.4 is 0 Å². The number of carbonyl (C=O) groups excluding carboxylic acids is 1. The van der Waals surface area contributed by atoms with Crippen molar-refractivity contribution >= 4 is 5.97 Å². The van der Waals surface area contributed by atoms with E-state index in [0.29, 0.717) is 13.2 Å². The van der Waals surface area contributed by atoms with Crippen molar-refractivity contribution in [2.75, 3.05) is 27.4 Å². The van der Waals surface area contributed by atoms with E-state index in [1.54, 1.807) is 7.11 Å². The van der Waals surface area contributed by atoms with E-state index in [1.165, 1.54) is 7.11 Å². The Bertz CT molecular complexity index is 372. The number of hydrogen-bond acceptors (Lipinski definition) is 5. The van der Waals surface area contributed by atoms with Gasteiger partial charge in [-0.05, 0) is 6.42 Å². The highest BCUT2D eigenvalue weighted by Crippen LogP contribution is 2.63. The molecule has 4 atom stereocenters. The molecule has 5 heteroatoms. The first kappa shape index (κ1) is 12.1. The van der Waals surface area contributed by atoms with Crippen LogP contribution in [-0.2, 0) is 23.7 Å². The fourth-order valence-electron chi connectivity index (χ4n) is 3.30. The molecule has 0 aromatic carbocycles. The molecule has 1 aliphatic heterocycles. The predicted molar refractivity (Wildman–Crippen MR) is 61.7 cm³/mol. The van der Waals surface area contributed by atoms with Gasteiger partial charge in [0, 0.05) is 13.0 Å². The summed E-state index contributed by atoms with van der Waals surface area (Å²) in [6, 6.07) is 0. The zero-order valence-electron chi connectivity index (χ0n) is 10.6. The standard InChI is InChI=1S/C13H18O5/c1-15-9-5-4-8(12(14)16-2)10-11(9)13(10)17-6-3-7-18-13/h4-5,8-11H,3,6-7H2,1-2H3/t8-,9+,10?,11?/m0/s1. The second kappa shape index (κ2) is 4.33. The summed E-state index contributed by atoms with van der Waals surface area (Å²) in [6.07, 6.45) is 4.62. The molecule has 0 radical (unpaired) electrons. The summed E-state index contributed by atoms with van der Waals surface area (Å²) in [5.74, 6) is -1.05. The van der Waals surface area contributed by atoms with Crippen molar-refractivity contribution in [1.29, 1.82) is 0 Å². The molecule has 0 N–H and O–H groups in total. The van der Waals surface area contributed by atoms with Crippen molar-refractivity contribution in [3.05, 3.63) is 12.2 Å². The third-order valence-corrected chi connectivity index (χ3v) is 4.15. The van der Waals surface area contributed by atoms with E-state index in [0.717, 1.165) is 6.42 Å². The SMILES string of the molecule is COC(=O)[C@H]1C=C[C@@H](OC)C2C1C21OCCCO1. The van der Waals surface area contributed by atoms with E-state index in [2.05, 4.69) is 0 Å². The minimum Gasteiger partial charge on any atom is -0.469 e. The quantitative estimate of drug-likeness (QED) is 0.537. The summed E-state index contributed by atoms with van der Waals surface area (Å²) < 4.78 is 21.9. The van der Waals surface area contributed by atoms with Crippen LogP contribution in [0, 0.1) is 17.8 Å². The minimum atomic E-state index is -0.638. The van der Waals surface area contributed by atoms with Crippen LogP contribution >= 0.6 is 0 Å². The normalized spacial score (nSPS) is 40.3. The van der Waals surface area contributed by atoms with Gasteiger partial charge in [0.05, 0.1) is 38.3 Å². The molecule has 0 aromatic rings. The molecule has 5 nitrogen and oxygen atoms in total. The Balaban J connectivity index is 1.86. The fourth-order valence-corrected chi connectivity index (χ4v) is 3.30. The molecule has 1 spiro atoms. The van der Waals surface area contributed by atoms with Gasteiger partial charge >= 0.3 is 5.97 Å². The Morgan fingerprint density at radius 2 is 1.94 bits per heavy atom. The third kappa shape index (κ3) is 1.54. The van der Waals surface area contributed by atoms with Crippen molar-refractivity contribution in [2.24, 2.45) is 17.8 Å². The lowest BCUT2D eigenvalue weighted by Crippen LogP contribution is -2.33. The van der Waals surface area contributed by atoms with E-state index >= 15 is 0 Å². The molecular formula is C13H18O5. The van der Waals surface area contributed by atoms with Crippen LogP contribution in [0.4, 0.5) is 0 Å². The second-order valence-electron chi connectivity index (χ2n) is 4.96. The van der Waals surface area contributed by atoms with Gasteiger partial charge in [-0.1, -0.05) is 12.2 Å². The van der Waals surface area contributed by atoms with Crippen molar-refractivity contribution in [3.8, 4) is 0 Å². The number of esters is 1. The molecule has 0 bridgehead atoms. The van der Waals surface area contributed by atoms with Gasteiger partial charge in [-0.2, -0.15) is 0 Å². The molecule has 2 fully saturated rings. The lowest BCUT2D eigenvalue weighted by atomic mass is 9.94. The Kier molecular flexibility index (Phi) is 2.92. The lowest BCUT2D eigenvalue weighted by Gasteiger charge is -2.26. The molecule has 1 saturated heterocycles. The monoisotopic (exact) mass is 254 g/mol. The third-order valence-electron chi connectivity index (χ3n) is 4.15. The van der Waals surface area contributed by atoms with E-state index < -0.39 is 5.79 Å². The number of methoxy groups -OCH3 is 2. The first-order valence-corrected chi connectivity index (χ1v) is 6.31. The smallest absolute Gasteiger partial charge is 0.313 e. The van der Waals surface area contributed by atoms with E-state index in [9.17, 15) is 4.79 Å². The summed E-state index contributed by atoms with van der Waals surface area (Å²) in [4.78, 5) is 11.8. The minimum absolute atomic E-state index is 0.0141. The first-order valence-electron chi connectivity index (χ1n) is 6.31. The highest BCUT2D eigenvalue weighted by molar-refractivity contribution is 5.76. The zero-order valence-corrected chi connectivity index (χ0v) is 10.6. The Labute approximate surface area is 106 Å². The predicted octanol–water partition coefficient (Wildman–Crippen LogP) is 0.740. The molecule has 3 rings (SSSR count). The fraction of sp³-hybridized carbons (Fsp3) is 0.769. The molecule has 2 aliphatic carbocycles. The van der Waals surface area contributed by atoms with Crippen molar-refractivity contribution in [3.63, 3.8) is 0 Å². The highest BCUT2D eigenvalue weighted by atomic mass is 16.7. The molecule has 0 amide bonds. The van der Waals surface area contributed by atoms with Crippen LogP contribution in [0.5, 0.6) is 0 Å². The Hall–Kier alpha value is -0.910. The van der Waals surface area contributed by atoms with Gasteiger partial charge in [0.15, 0.2) is 5.79 Å². The molecule has 0 aromatic heterocycles. The average Bonchev–Trinajstić information content (AvgIpc) is 3.06. The second-order valence-corrected chi connectivity index (χ2v) is 4.96. The maximum atomic E-state index is 11.8. The summed E-state index contributed by atoms with van der Waals surface area (Å²) in [6.45, 7) is 1.36. The van der Waals surface area contributed by atoms with Crippen molar-refractivity contribution in [2.45, 2.75) is 18.3 Å². The molecule has 100 valence electrons. The first-order chi connectivity index (χ1) is 8.74. The van der Waals surface area contributed by atoms with Gasteiger partial charge in [0.25, 0.3) is 0 Å². The van der Waals surface area contributed by atoms with Gasteiger partial charge in [-0.15, -0.1) is 0 Å². The average molecular weight is 254 g/mol. The Morgan fingerprint density at radius 3 is 2.56 bits per heavy atom. The van der Waals surface area contributed by atoms with Crippen LogP contribution in [0.3, 0.4) is 0 Å². The molecule has 1 saturated carbocycles. The number of fused-ring (bicyclic) bond motifs is 3. The van der Waals surface area contributed by atoms with Crippen molar-refractivity contribution < 1.29 is 23.7 Å². The largest absolute Gasteiger partial charge is 0.469 e. The molecule has 2 unspecified atom stereocenters. The molecule has 1 heterocycles. The maximum absolute atomic E-state index is 11.8. The summed E-state index contributed by atoms with van der Waals surface area (Å²) in [7, 11) is 3.07. The maximum Gasteiger partial charge on any atom is 0.313 e. The summed E-state index contributed by atoms with van der Waals surface area (Å²) in [5, 5.41) is 0. The van der Waals surface area contributed by atoms with Crippen LogP contribution in [0.1, 0.15) is 6.42 Å².